The van der Waals surface area contributed by atoms with Crippen molar-refractivity contribution in [1.82, 2.24) is 14.8 Å². The fourth-order valence-electron chi connectivity index (χ4n) is 5.08. The highest BCUT2D eigenvalue weighted by molar-refractivity contribution is 8.00. The predicted molar refractivity (Wildman–Crippen MR) is 110 cm³/mol. The summed E-state index contributed by atoms with van der Waals surface area (Å²) in [5.41, 5.74) is 4.20. The summed E-state index contributed by atoms with van der Waals surface area (Å²) < 4.78 is 15.5. The van der Waals surface area contributed by atoms with Gasteiger partial charge in [-0.1, -0.05) is 13.0 Å². The van der Waals surface area contributed by atoms with Crippen LogP contribution in [0.4, 0.5) is 0 Å². The molecule has 2 unspecified atom stereocenters. The minimum atomic E-state index is -2.30. The standard InChI is InChI=1S/C21H27N3OS/c1-3-22-14-26(2,25)16-6-7-19-18(13-16)17-9-11-23-10-4-5-15-8-12-24(19)21(17)20(15)23/h6-8,12-13,15,20,22H,2-5,9-11,14H2,1H3/t15?,20-,26?/m0/s1. The lowest BCUT2D eigenvalue weighted by molar-refractivity contribution is 0.0982. The Morgan fingerprint density at radius 3 is 3.08 bits per heavy atom. The summed E-state index contributed by atoms with van der Waals surface area (Å²) in [7, 11) is -2.30. The van der Waals surface area contributed by atoms with Crippen molar-refractivity contribution in [3.05, 3.63) is 35.5 Å². The van der Waals surface area contributed by atoms with Gasteiger partial charge in [0.1, 0.15) is 0 Å². The third-order valence-electron chi connectivity index (χ3n) is 6.33. The first kappa shape index (κ1) is 16.6. The molecule has 5 heteroatoms. The number of hydrogen-bond acceptors (Lipinski definition) is 3. The number of fused-ring (bicyclic) bond motifs is 3. The van der Waals surface area contributed by atoms with Gasteiger partial charge in [-0.3, -0.25) is 9.11 Å². The fraction of sp³-hybridized carbons (Fsp3) is 0.476. The van der Waals surface area contributed by atoms with E-state index in [1.165, 1.54) is 41.5 Å². The molecule has 1 aromatic carbocycles. The zero-order valence-corrected chi connectivity index (χ0v) is 16.2. The molecule has 138 valence electrons. The summed E-state index contributed by atoms with van der Waals surface area (Å²) in [6.07, 6.45) is 8.36. The van der Waals surface area contributed by atoms with Gasteiger partial charge >= 0.3 is 0 Å². The van der Waals surface area contributed by atoms with Crippen LogP contribution in [0.25, 0.3) is 17.1 Å². The van der Waals surface area contributed by atoms with Gasteiger partial charge in [0.25, 0.3) is 0 Å². The van der Waals surface area contributed by atoms with Gasteiger partial charge in [0.05, 0.1) is 17.4 Å². The molecule has 0 bridgehead atoms. The van der Waals surface area contributed by atoms with Crippen molar-refractivity contribution in [1.29, 1.82) is 0 Å². The van der Waals surface area contributed by atoms with Gasteiger partial charge in [0.2, 0.25) is 0 Å². The van der Waals surface area contributed by atoms with Crippen molar-refractivity contribution in [2.45, 2.75) is 37.1 Å². The number of rotatable bonds is 4. The third kappa shape index (κ3) is 2.34. The molecule has 1 N–H and O–H groups in total. The van der Waals surface area contributed by atoms with Crippen LogP contribution in [0.3, 0.4) is 0 Å². The molecule has 26 heavy (non-hydrogen) atoms. The summed E-state index contributed by atoms with van der Waals surface area (Å²) >= 11 is 0. The highest BCUT2D eigenvalue weighted by Gasteiger charge is 2.40. The van der Waals surface area contributed by atoms with Crippen LogP contribution < -0.4 is 5.32 Å². The van der Waals surface area contributed by atoms with Crippen molar-refractivity contribution in [3.63, 3.8) is 0 Å². The minimum absolute atomic E-state index is 0.441. The van der Waals surface area contributed by atoms with Gasteiger partial charge in [-0.05, 0) is 67.9 Å². The first-order chi connectivity index (χ1) is 12.6. The van der Waals surface area contributed by atoms with Crippen LogP contribution in [-0.2, 0) is 15.9 Å². The number of nitrogens with one attached hydrogen (secondary N) is 1. The van der Waals surface area contributed by atoms with Crippen LogP contribution in [0.15, 0.2) is 29.2 Å². The molecule has 1 saturated heterocycles. The molecule has 4 nitrogen and oxygen atoms in total. The predicted octanol–water partition coefficient (Wildman–Crippen LogP) is 3.08. The van der Waals surface area contributed by atoms with E-state index >= 15 is 0 Å². The number of piperidine rings is 1. The summed E-state index contributed by atoms with van der Waals surface area (Å²) in [5, 5.41) is 4.48. The van der Waals surface area contributed by atoms with E-state index in [1.807, 2.05) is 13.0 Å². The lowest BCUT2D eigenvalue weighted by atomic mass is 9.81. The van der Waals surface area contributed by atoms with Crippen LogP contribution in [0.5, 0.6) is 0 Å². The van der Waals surface area contributed by atoms with E-state index in [2.05, 4.69) is 45.1 Å². The first-order valence-corrected chi connectivity index (χ1v) is 11.6. The van der Waals surface area contributed by atoms with Crippen molar-refractivity contribution in [2.24, 2.45) is 5.92 Å². The Bertz CT molecular complexity index is 1000. The van der Waals surface area contributed by atoms with E-state index in [4.69, 9.17) is 0 Å². The van der Waals surface area contributed by atoms with E-state index in [-0.39, 0.29) is 0 Å². The Kier molecular flexibility index (Phi) is 3.82. The van der Waals surface area contributed by atoms with E-state index in [0.29, 0.717) is 17.8 Å². The molecule has 0 amide bonds. The van der Waals surface area contributed by atoms with Crippen molar-refractivity contribution in [3.8, 4) is 0 Å². The van der Waals surface area contributed by atoms with E-state index in [0.717, 1.165) is 24.4 Å². The quantitative estimate of drug-likeness (QED) is 0.842. The van der Waals surface area contributed by atoms with Crippen LogP contribution in [0.1, 0.15) is 37.1 Å². The Morgan fingerprint density at radius 2 is 2.23 bits per heavy atom. The molecule has 3 aliphatic heterocycles. The Morgan fingerprint density at radius 1 is 1.35 bits per heavy atom. The van der Waals surface area contributed by atoms with Crippen LogP contribution in [0.2, 0.25) is 0 Å². The average molecular weight is 370 g/mol. The van der Waals surface area contributed by atoms with E-state index in [9.17, 15) is 4.21 Å². The number of nitrogens with zero attached hydrogens (tertiary/aromatic N) is 2. The molecule has 3 atom stereocenters. The second-order valence-electron chi connectivity index (χ2n) is 7.85. The zero-order chi connectivity index (χ0) is 17.9. The maximum Gasteiger partial charge on any atom is 0.0688 e. The monoisotopic (exact) mass is 369 g/mol. The zero-order valence-electron chi connectivity index (χ0n) is 15.4. The molecule has 3 aliphatic rings. The molecule has 4 heterocycles. The van der Waals surface area contributed by atoms with Gasteiger partial charge < -0.3 is 9.88 Å². The highest BCUT2D eigenvalue weighted by atomic mass is 32.2. The fourth-order valence-corrected chi connectivity index (χ4v) is 6.43. The Balaban J connectivity index is 1.68. The van der Waals surface area contributed by atoms with Crippen molar-refractivity contribution < 1.29 is 4.21 Å². The van der Waals surface area contributed by atoms with E-state index in [1.54, 1.807) is 0 Å². The van der Waals surface area contributed by atoms with Crippen molar-refractivity contribution >= 4 is 32.5 Å². The second-order valence-corrected chi connectivity index (χ2v) is 10.2. The molecule has 1 aromatic heterocycles. The van der Waals surface area contributed by atoms with Gasteiger partial charge in [-0.25, -0.2) is 0 Å². The van der Waals surface area contributed by atoms with Gasteiger partial charge in [-0.2, -0.15) is 0 Å². The highest BCUT2D eigenvalue weighted by Crippen LogP contribution is 2.47. The summed E-state index contributed by atoms with van der Waals surface area (Å²) in [6, 6.07) is 6.85. The normalized spacial score (nSPS) is 26.7. The molecular weight excluding hydrogens is 342 g/mol. The number of hydrogen-bond donors (Lipinski definition) is 1. The van der Waals surface area contributed by atoms with Gasteiger partial charge in [-0.15, -0.1) is 0 Å². The van der Waals surface area contributed by atoms with E-state index < -0.39 is 9.52 Å². The first-order valence-electron chi connectivity index (χ1n) is 9.75. The smallest absolute Gasteiger partial charge is 0.0688 e. The SMILES string of the molecule is C=S(=O)(CNCC)c1ccc2c(c1)c1c3n2C=CC2CCCN(CC1)[C@H]32. The van der Waals surface area contributed by atoms with Crippen LogP contribution in [-0.4, -0.2) is 45.1 Å². The van der Waals surface area contributed by atoms with Crippen LogP contribution >= 0.6 is 0 Å². The summed E-state index contributed by atoms with van der Waals surface area (Å²) in [6.45, 7) is 5.20. The lowest BCUT2D eigenvalue weighted by Crippen LogP contribution is -2.44. The van der Waals surface area contributed by atoms with Gasteiger partial charge in [0, 0.05) is 38.2 Å². The lowest BCUT2D eigenvalue weighted by Gasteiger charge is -2.45. The molecule has 2 aromatic rings. The molecular formula is C21H27N3OS. The van der Waals surface area contributed by atoms with Crippen molar-refractivity contribution in [2.75, 3.05) is 25.5 Å². The molecule has 0 aliphatic carbocycles. The summed E-state index contributed by atoms with van der Waals surface area (Å²) in [4.78, 5) is 3.54. The molecule has 0 spiro atoms. The number of aromatic nitrogens is 1. The maximum absolute atomic E-state index is 13.1. The Labute approximate surface area is 155 Å². The summed E-state index contributed by atoms with van der Waals surface area (Å²) in [5.74, 6) is 5.12. The third-order valence-corrected chi connectivity index (χ3v) is 8.11. The maximum atomic E-state index is 13.1. The molecule has 5 rings (SSSR count). The van der Waals surface area contributed by atoms with Crippen LogP contribution in [0, 0.1) is 5.92 Å². The Hall–Kier alpha value is -1.56. The second kappa shape index (κ2) is 5.98. The molecule has 1 fully saturated rings. The minimum Gasteiger partial charge on any atom is -0.319 e. The van der Waals surface area contributed by atoms with Gasteiger partial charge in [0.15, 0.2) is 0 Å². The number of benzene rings is 1. The topological polar surface area (TPSA) is 37.3 Å². The molecule has 0 radical (unpaired) electrons. The largest absolute Gasteiger partial charge is 0.319 e. The average Bonchev–Trinajstić information content (AvgIpc) is 2.99. The molecule has 0 saturated carbocycles.